The molecular weight excluding hydrogens is 284 g/mol. The molecule has 110 valence electrons. The van der Waals surface area contributed by atoms with Crippen LogP contribution in [0.1, 0.15) is 5.56 Å². The SMILES string of the molecule is COc1ccc(S(=O)(=O)NN(C)C)cc1/C=C/C(=O)O. The minimum Gasteiger partial charge on any atom is -0.496 e. The number of carboxylic acids is 1. The van der Waals surface area contributed by atoms with Gasteiger partial charge in [-0.2, -0.15) is 0 Å². The molecule has 0 amide bonds. The maximum Gasteiger partial charge on any atom is 0.328 e. The van der Waals surface area contributed by atoms with Crippen LogP contribution in [0.5, 0.6) is 5.75 Å². The Kier molecular flexibility index (Phi) is 5.26. The normalized spacial score (nSPS) is 12.0. The van der Waals surface area contributed by atoms with Crippen molar-refractivity contribution in [1.82, 2.24) is 9.84 Å². The van der Waals surface area contributed by atoms with Gasteiger partial charge in [0.15, 0.2) is 0 Å². The Morgan fingerprint density at radius 1 is 1.40 bits per heavy atom. The summed E-state index contributed by atoms with van der Waals surface area (Å²) in [4.78, 5) is 12.8. The van der Waals surface area contributed by atoms with E-state index in [9.17, 15) is 13.2 Å². The monoisotopic (exact) mass is 300 g/mol. The van der Waals surface area contributed by atoms with Crippen LogP contribution in [-0.4, -0.2) is 45.7 Å². The van der Waals surface area contributed by atoms with Gasteiger partial charge in [0.05, 0.1) is 12.0 Å². The molecule has 7 nitrogen and oxygen atoms in total. The zero-order valence-corrected chi connectivity index (χ0v) is 12.1. The third kappa shape index (κ3) is 4.34. The molecule has 0 aliphatic carbocycles. The topological polar surface area (TPSA) is 95.9 Å². The molecule has 1 aromatic rings. The lowest BCUT2D eigenvalue weighted by Crippen LogP contribution is -2.36. The van der Waals surface area contributed by atoms with Gasteiger partial charge in [0.25, 0.3) is 10.0 Å². The number of carbonyl (C=O) groups is 1. The number of hydrazine groups is 1. The summed E-state index contributed by atoms with van der Waals surface area (Å²) in [6.07, 6.45) is 2.18. The minimum atomic E-state index is -3.71. The van der Waals surface area contributed by atoms with Crippen molar-refractivity contribution < 1.29 is 23.1 Å². The first-order valence-electron chi connectivity index (χ1n) is 5.55. The van der Waals surface area contributed by atoms with Gasteiger partial charge >= 0.3 is 5.97 Å². The number of carboxylic acid groups (broad SMARTS) is 1. The van der Waals surface area contributed by atoms with Crippen molar-refractivity contribution >= 4 is 22.1 Å². The van der Waals surface area contributed by atoms with Crippen LogP contribution >= 0.6 is 0 Å². The van der Waals surface area contributed by atoms with Crippen molar-refractivity contribution in [2.24, 2.45) is 0 Å². The quantitative estimate of drug-likeness (QED) is 0.588. The van der Waals surface area contributed by atoms with Crippen LogP contribution in [0, 0.1) is 0 Å². The number of sulfonamides is 1. The first kappa shape index (κ1) is 16.2. The first-order valence-corrected chi connectivity index (χ1v) is 7.03. The van der Waals surface area contributed by atoms with E-state index in [-0.39, 0.29) is 4.90 Å². The fourth-order valence-corrected chi connectivity index (χ4v) is 2.58. The summed E-state index contributed by atoms with van der Waals surface area (Å²) in [6.45, 7) is 0. The summed E-state index contributed by atoms with van der Waals surface area (Å²) in [7, 11) is 0.806. The number of nitrogens with zero attached hydrogens (tertiary/aromatic N) is 1. The molecular formula is C12H16N2O5S. The third-order valence-electron chi connectivity index (χ3n) is 2.22. The molecule has 2 N–H and O–H groups in total. The summed E-state index contributed by atoms with van der Waals surface area (Å²) in [5.41, 5.74) is 0.358. The van der Waals surface area contributed by atoms with E-state index in [1.54, 1.807) is 14.1 Å². The number of ether oxygens (including phenoxy) is 1. The Balaban J connectivity index is 3.25. The van der Waals surface area contributed by atoms with Gasteiger partial charge in [-0.1, -0.05) is 0 Å². The maximum absolute atomic E-state index is 12.0. The highest BCUT2D eigenvalue weighted by Crippen LogP contribution is 2.23. The van der Waals surface area contributed by atoms with E-state index >= 15 is 0 Å². The lowest BCUT2D eigenvalue weighted by molar-refractivity contribution is -0.131. The van der Waals surface area contributed by atoms with Crippen LogP contribution in [0.4, 0.5) is 0 Å². The Labute approximate surface area is 117 Å². The van der Waals surface area contributed by atoms with Gasteiger partial charge in [-0.3, -0.25) is 0 Å². The van der Waals surface area contributed by atoms with Crippen molar-refractivity contribution in [2.45, 2.75) is 4.90 Å². The number of aliphatic carboxylic acids is 1. The summed E-state index contributed by atoms with van der Waals surface area (Å²) < 4.78 is 29.1. The Morgan fingerprint density at radius 2 is 2.05 bits per heavy atom. The van der Waals surface area contributed by atoms with Crippen LogP contribution in [0.3, 0.4) is 0 Å². The van der Waals surface area contributed by atoms with E-state index in [0.29, 0.717) is 11.3 Å². The number of methoxy groups -OCH3 is 1. The molecule has 0 atom stereocenters. The first-order chi connectivity index (χ1) is 9.26. The predicted molar refractivity (Wildman–Crippen MR) is 73.7 cm³/mol. The van der Waals surface area contributed by atoms with Gasteiger partial charge < -0.3 is 9.84 Å². The number of nitrogens with one attached hydrogen (secondary N) is 1. The second-order valence-corrected chi connectivity index (χ2v) is 5.73. The molecule has 1 rings (SSSR count). The molecule has 0 saturated carbocycles. The summed E-state index contributed by atoms with van der Waals surface area (Å²) >= 11 is 0. The van der Waals surface area contributed by atoms with Gasteiger partial charge in [-0.25, -0.2) is 18.2 Å². The van der Waals surface area contributed by atoms with E-state index < -0.39 is 16.0 Å². The molecule has 0 aliphatic rings. The summed E-state index contributed by atoms with van der Waals surface area (Å²) in [5, 5.41) is 9.92. The lowest BCUT2D eigenvalue weighted by Gasteiger charge is -2.13. The van der Waals surface area contributed by atoms with Gasteiger partial charge in [0.1, 0.15) is 5.75 Å². The fourth-order valence-electron chi connectivity index (χ4n) is 1.46. The zero-order valence-electron chi connectivity index (χ0n) is 11.3. The average molecular weight is 300 g/mol. The highest BCUT2D eigenvalue weighted by atomic mass is 32.2. The second-order valence-electron chi connectivity index (χ2n) is 4.06. The molecule has 0 spiro atoms. The van der Waals surface area contributed by atoms with E-state index in [2.05, 4.69) is 4.83 Å². The second kappa shape index (κ2) is 6.51. The van der Waals surface area contributed by atoms with Crippen molar-refractivity contribution in [3.05, 3.63) is 29.8 Å². The molecule has 0 bridgehead atoms. The standard InChI is InChI=1S/C12H16N2O5S/c1-14(2)13-20(17,18)10-5-6-11(19-3)9(8-10)4-7-12(15)16/h4-8,13H,1-3H3,(H,15,16)/b7-4+. The van der Waals surface area contributed by atoms with Gasteiger partial charge in [0, 0.05) is 25.7 Å². The minimum absolute atomic E-state index is 0.0111. The van der Waals surface area contributed by atoms with Crippen molar-refractivity contribution in [3.63, 3.8) is 0 Å². The van der Waals surface area contributed by atoms with Gasteiger partial charge in [-0.05, 0) is 24.3 Å². The summed E-state index contributed by atoms with van der Waals surface area (Å²) in [6, 6.07) is 4.18. The highest BCUT2D eigenvalue weighted by Gasteiger charge is 2.16. The maximum atomic E-state index is 12.0. The van der Waals surface area contributed by atoms with Crippen molar-refractivity contribution in [3.8, 4) is 5.75 Å². The van der Waals surface area contributed by atoms with Crippen LogP contribution < -0.4 is 9.57 Å². The smallest absolute Gasteiger partial charge is 0.328 e. The Bertz CT molecular complexity index is 623. The molecule has 0 aliphatic heterocycles. The molecule has 0 heterocycles. The van der Waals surface area contributed by atoms with Crippen molar-refractivity contribution in [2.75, 3.05) is 21.2 Å². The van der Waals surface area contributed by atoms with E-state index in [4.69, 9.17) is 9.84 Å². The number of rotatable bonds is 6. The van der Waals surface area contributed by atoms with Gasteiger partial charge in [-0.15, -0.1) is 4.83 Å². The third-order valence-corrected chi connectivity index (χ3v) is 3.70. The Morgan fingerprint density at radius 3 is 2.55 bits per heavy atom. The molecule has 0 aromatic heterocycles. The van der Waals surface area contributed by atoms with Crippen LogP contribution in [-0.2, 0) is 14.8 Å². The molecule has 0 saturated heterocycles. The molecule has 1 aromatic carbocycles. The van der Waals surface area contributed by atoms with Crippen LogP contribution in [0.25, 0.3) is 6.08 Å². The molecule has 8 heteroatoms. The largest absolute Gasteiger partial charge is 0.496 e. The molecule has 0 radical (unpaired) electrons. The Hall–Kier alpha value is -1.90. The van der Waals surface area contributed by atoms with Crippen LogP contribution in [0.15, 0.2) is 29.2 Å². The molecule has 0 fully saturated rings. The zero-order chi connectivity index (χ0) is 15.3. The number of benzene rings is 1. The van der Waals surface area contributed by atoms with E-state index in [0.717, 1.165) is 6.08 Å². The molecule has 0 unspecified atom stereocenters. The van der Waals surface area contributed by atoms with Crippen molar-refractivity contribution in [1.29, 1.82) is 0 Å². The van der Waals surface area contributed by atoms with E-state index in [1.807, 2.05) is 0 Å². The fraction of sp³-hybridized carbons (Fsp3) is 0.250. The predicted octanol–water partition coefficient (Wildman–Crippen LogP) is 0.548. The van der Waals surface area contributed by atoms with E-state index in [1.165, 1.54) is 36.4 Å². The van der Waals surface area contributed by atoms with Crippen LogP contribution in [0.2, 0.25) is 0 Å². The summed E-state index contributed by atoms with van der Waals surface area (Å²) in [5.74, 6) is -0.752. The lowest BCUT2D eigenvalue weighted by atomic mass is 10.2. The average Bonchev–Trinajstić information content (AvgIpc) is 2.34. The number of hydrogen-bond donors (Lipinski definition) is 2. The number of hydrogen-bond acceptors (Lipinski definition) is 5. The molecule has 20 heavy (non-hydrogen) atoms. The van der Waals surface area contributed by atoms with Gasteiger partial charge in [0.2, 0.25) is 0 Å². The highest BCUT2D eigenvalue weighted by molar-refractivity contribution is 7.89.